The van der Waals surface area contributed by atoms with Gasteiger partial charge in [-0.05, 0) is 51.5 Å². The summed E-state index contributed by atoms with van der Waals surface area (Å²) in [6, 6.07) is 7.67. The average Bonchev–Trinajstić information content (AvgIpc) is 2.97. The zero-order valence-electron chi connectivity index (χ0n) is 16.5. The number of thioether (sulfide) groups is 1. The Morgan fingerprint density at radius 3 is 2.75 bits per heavy atom. The molecular weight excluding hydrogens is 400 g/mol. The number of fused-ring (bicyclic) bond motifs is 1. The van der Waals surface area contributed by atoms with E-state index in [0.717, 1.165) is 22.8 Å². The van der Waals surface area contributed by atoms with Gasteiger partial charge in [-0.15, -0.1) is 11.6 Å². The van der Waals surface area contributed by atoms with Gasteiger partial charge in [0.05, 0.1) is 11.9 Å². The molecule has 1 saturated heterocycles. The Bertz CT molecular complexity index is 735. The van der Waals surface area contributed by atoms with Crippen molar-refractivity contribution in [3.63, 3.8) is 0 Å². The molecular formula is C20H27ClN2O4S. The van der Waals surface area contributed by atoms with Crippen molar-refractivity contribution < 1.29 is 19.4 Å². The molecule has 2 unspecified atom stereocenters. The van der Waals surface area contributed by atoms with Crippen LogP contribution in [0.4, 0.5) is 4.79 Å². The summed E-state index contributed by atoms with van der Waals surface area (Å²) in [6.45, 7) is 6.95. The Morgan fingerprint density at radius 1 is 1.39 bits per heavy atom. The number of nitrogens with zero attached hydrogens (tertiary/aromatic N) is 2. The van der Waals surface area contributed by atoms with Gasteiger partial charge in [-0.1, -0.05) is 11.8 Å². The number of hydrogen-bond acceptors (Lipinski definition) is 6. The van der Waals surface area contributed by atoms with Crippen LogP contribution in [0.25, 0.3) is 0 Å². The number of benzene rings is 1. The van der Waals surface area contributed by atoms with E-state index in [4.69, 9.17) is 21.1 Å². The quantitative estimate of drug-likeness (QED) is 0.571. The summed E-state index contributed by atoms with van der Waals surface area (Å²) in [6.07, 6.45) is 0.851. The maximum atomic E-state index is 12.4. The Kier molecular flexibility index (Phi) is 6.47. The molecule has 2 aliphatic rings. The van der Waals surface area contributed by atoms with Gasteiger partial charge in [0.25, 0.3) is 0 Å². The minimum absolute atomic E-state index is 0.205. The fourth-order valence-electron chi connectivity index (χ4n) is 3.06. The number of ether oxygens (including phenoxy) is 2. The fraction of sp³-hybridized carbons (Fsp3) is 0.600. The summed E-state index contributed by atoms with van der Waals surface area (Å²) in [5, 5.41) is 11.5. The van der Waals surface area contributed by atoms with Crippen molar-refractivity contribution in [3.8, 4) is 5.75 Å². The molecule has 6 nitrogen and oxygen atoms in total. The van der Waals surface area contributed by atoms with Crippen LogP contribution in [-0.2, 0) is 4.74 Å². The van der Waals surface area contributed by atoms with Gasteiger partial charge in [0.2, 0.25) is 0 Å². The Balaban J connectivity index is 1.63. The summed E-state index contributed by atoms with van der Waals surface area (Å²) in [5.74, 6) is 1.36. The predicted octanol–water partition coefficient (Wildman–Crippen LogP) is 3.89. The van der Waals surface area contributed by atoms with Crippen LogP contribution in [-0.4, -0.2) is 63.3 Å². The number of aliphatic hydroxyl groups is 1. The number of halogens is 1. The van der Waals surface area contributed by atoms with Gasteiger partial charge in [0.1, 0.15) is 16.4 Å². The summed E-state index contributed by atoms with van der Waals surface area (Å²) in [7, 11) is 0. The molecule has 1 amide bonds. The highest BCUT2D eigenvalue weighted by Gasteiger charge is 2.48. The molecule has 0 aliphatic carbocycles. The molecule has 1 aromatic carbocycles. The highest BCUT2D eigenvalue weighted by atomic mass is 35.5. The lowest BCUT2D eigenvalue weighted by Gasteiger charge is -2.38. The van der Waals surface area contributed by atoms with E-state index in [9.17, 15) is 9.90 Å². The van der Waals surface area contributed by atoms with Gasteiger partial charge in [0.15, 0.2) is 5.72 Å². The minimum atomic E-state index is -1.14. The Labute approximate surface area is 175 Å². The number of carbonyl (C=O) groups is 1. The number of amides is 1. The number of likely N-dealkylation sites (tertiary alicyclic amines) is 1. The van der Waals surface area contributed by atoms with Gasteiger partial charge in [0, 0.05) is 31.0 Å². The van der Waals surface area contributed by atoms with Gasteiger partial charge in [-0.25, -0.2) is 9.79 Å². The first-order valence-electron chi connectivity index (χ1n) is 9.46. The van der Waals surface area contributed by atoms with E-state index in [1.807, 2.05) is 45.0 Å². The molecule has 8 heteroatoms. The van der Waals surface area contributed by atoms with Crippen molar-refractivity contribution >= 4 is 34.5 Å². The van der Waals surface area contributed by atoms with Crippen LogP contribution < -0.4 is 4.74 Å². The van der Waals surface area contributed by atoms with Crippen molar-refractivity contribution in [1.82, 2.24) is 4.90 Å². The predicted molar refractivity (Wildman–Crippen MR) is 113 cm³/mol. The normalized spacial score (nSPS) is 24.5. The van der Waals surface area contributed by atoms with Crippen LogP contribution in [0, 0.1) is 0 Å². The average molecular weight is 427 g/mol. The first-order chi connectivity index (χ1) is 13.2. The maximum absolute atomic E-state index is 12.4. The van der Waals surface area contributed by atoms with Crippen LogP contribution in [0.1, 0.15) is 39.2 Å². The lowest BCUT2D eigenvalue weighted by molar-refractivity contribution is -0.0201. The largest absolute Gasteiger partial charge is 0.494 e. The third-order valence-corrected chi connectivity index (χ3v) is 6.13. The molecule has 0 aromatic heterocycles. The van der Waals surface area contributed by atoms with Crippen LogP contribution in [0.5, 0.6) is 5.75 Å². The Morgan fingerprint density at radius 2 is 2.11 bits per heavy atom. The van der Waals surface area contributed by atoms with E-state index >= 15 is 0 Å². The second-order valence-corrected chi connectivity index (χ2v) is 9.56. The SMILES string of the molecule is CC(C)(C)OC(=O)N1CCC2(O)N=C(c3ccc(OCCCCl)cc3)SC2C1. The van der Waals surface area contributed by atoms with E-state index in [1.165, 1.54) is 11.8 Å². The summed E-state index contributed by atoms with van der Waals surface area (Å²) < 4.78 is 11.1. The Hall–Kier alpha value is -1.44. The van der Waals surface area contributed by atoms with Crippen molar-refractivity contribution in [2.24, 2.45) is 4.99 Å². The molecule has 0 saturated carbocycles. The number of alkyl halides is 1. The monoisotopic (exact) mass is 426 g/mol. The van der Waals surface area contributed by atoms with Gasteiger partial charge >= 0.3 is 6.09 Å². The van der Waals surface area contributed by atoms with Crippen molar-refractivity contribution in [2.75, 3.05) is 25.6 Å². The molecule has 0 spiro atoms. The molecule has 1 fully saturated rings. The highest BCUT2D eigenvalue weighted by molar-refractivity contribution is 8.15. The van der Waals surface area contributed by atoms with Crippen molar-refractivity contribution in [2.45, 2.75) is 50.2 Å². The first kappa shape index (κ1) is 21.3. The molecule has 2 aliphatic heterocycles. The maximum Gasteiger partial charge on any atom is 0.410 e. The van der Waals surface area contributed by atoms with Crippen LogP contribution in [0.3, 0.4) is 0 Å². The van der Waals surface area contributed by atoms with Crippen molar-refractivity contribution in [1.29, 1.82) is 0 Å². The van der Waals surface area contributed by atoms with E-state index in [-0.39, 0.29) is 11.3 Å². The number of aliphatic imine (C=N–C) groups is 1. The van der Waals surface area contributed by atoms with Gasteiger partial charge in [-0.2, -0.15) is 0 Å². The molecule has 0 radical (unpaired) electrons. The molecule has 3 rings (SSSR count). The first-order valence-corrected chi connectivity index (χ1v) is 10.9. The minimum Gasteiger partial charge on any atom is -0.494 e. The van der Waals surface area contributed by atoms with Crippen LogP contribution >= 0.6 is 23.4 Å². The lowest BCUT2D eigenvalue weighted by atomic mass is 10.0. The lowest BCUT2D eigenvalue weighted by Crippen LogP contribution is -2.53. The van der Waals surface area contributed by atoms with Gasteiger partial charge < -0.3 is 19.5 Å². The number of carbonyl (C=O) groups excluding carboxylic acids is 1. The molecule has 154 valence electrons. The van der Waals surface area contributed by atoms with Gasteiger partial charge in [-0.3, -0.25) is 0 Å². The molecule has 28 heavy (non-hydrogen) atoms. The molecule has 1 N–H and O–H groups in total. The smallest absolute Gasteiger partial charge is 0.410 e. The fourth-order valence-corrected chi connectivity index (χ4v) is 4.53. The summed E-state index contributed by atoms with van der Waals surface area (Å²) in [4.78, 5) is 18.6. The van der Waals surface area contributed by atoms with E-state index in [1.54, 1.807) is 4.90 Å². The van der Waals surface area contributed by atoms with E-state index in [2.05, 4.69) is 4.99 Å². The molecule has 1 aromatic rings. The van der Waals surface area contributed by atoms with Crippen LogP contribution in [0.2, 0.25) is 0 Å². The molecule has 2 heterocycles. The summed E-state index contributed by atoms with van der Waals surface area (Å²) >= 11 is 7.16. The molecule has 0 bridgehead atoms. The second-order valence-electron chi connectivity index (χ2n) is 7.99. The third kappa shape index (κ3) is 5.13. The topological polar surface area (TPSA) is 71.4 Å². The third-order valence-electron chi connectivity index (χ3n) is 4.50. The number of rotatable bonds is 5. The van der Waals surface area contributed by atoms with Crippen molar-refractivity contribution in [3.05, 3.63) is 29.8 Å². The second kappa shape index (κ2) is 8.51. The molecule has 2 atom stereocenters. The van der Waals surface area contributed by atoms with E-state index in [0.29, 0.717) is 32.0 Å². The number of hydrogen-bond donors (Lipinski definition) is 1. The standard InChI is InChI=1S/C20H27ClN2O4S/c1-19(2,3)27-18(24)23-11-9-20(25)16(13-23)28-17(22-20)14-5-7-15(8-6-14)26-12-4-10-21/h5-8,16,25H,4,9-13H2,1-3H3. The zero-order chi connectivity index (χ0) is 20.4. The number of piperidine rings is 1. The zero-order valence-corrected chi connectivity index (χ0v) is 18.1. The van der Waals surface area contributed by atoms with Crippen LogP contribution in [0.15, 0.2) is 29.3 Å². The van der Waals surface area contributed by atoms with E-state index < -0.39 is 11.3 Å². The highest BCUT2D eigenvalue weighted by Crippen LogP contribution is 2.42. The summed E-state index contributed by atoms with van der Waals surface area (Å²) in [5.41, 5.74) is -0.752.